The van der Waals surface area contributed by atoms with Crippen molar-refractivity contribution in [1.82, 2.24) is 14.7 Å². The van der Waals surface area contributed by atoms with Gasteiger partial charge >= 0.3 is 0 Å². The first-order chi connectivity index (χ1) is 10.3. The molecule has 1 atom stereocenters. The Bertz CT molecular complexity index is 594. The molecule has 3 heterocycles. The number of amides is 1. The fourth-order valence-electron chi connectivity index (χ4n) is 2.63. The lowest BCUT2D eigenvalue weighted by Crippen LogP contribution is -2.43. The van der Waals surface area contributed by atoms with Crippen molar-refractivity contribution < 1.29 is 9.53 Å². The molecule has 0 saturated heterocycles. The van der Waals surface area contributed by atoms with Gasteiger partial charge in [-0.05, 0) is 24.4 Å². The van der Waals surface area contributed by atoms with Crippen LogP contribution >= 0.6 is 11.3 Å². The number of thiophene rings is 1. The quantitative estimate of drug-likeness (QED) is 0.850. The number of carbonyl (C=O) groups is 1. The van der Waals surface area contributed by atoms with Crippen molar-refractivity contribution in [2.24, 2.45) is 0 Å². The van der Waals surface area contributed by atoms with Gasteiger partial charge in [0.05, 0.1) is 31.3 Å². The maximum absolute atomic E-state index is 12.5. The standard InChI is InChI=1S/C15H19N3O2S/c1-2-20-11-13-10-17(9-12-5-6-16-18(12)13)15(19)8-14-4-3-7-21-14/h3-7,13H,2,8-11H2,1H3. The van der Waals surface area contributed by atoms with Crippen molar-refractivity contribution in [3.05, 3.63) is 40.3 Å². The van der Waals surface area contributed by atoms with Gasteiger partial charge in [-0.15, -0.1) is 11.3 Å². The third-order valence-electron chi connectivity index (χ3n) is 3.65. The van der Waals surface area contributed by atoms with Crippen molar-refractivity contribution in [2.75, 3.05) is 19.8 Å². The van der Waals surface area contributed by atoms with E-state index in [2.05, 4.69) is 5.10 Å². The normalized spacial score (nSPS) is 17.8. The predicted molar refractivity (Wildman–Crippen MR) is 81.2 cm³/mol. The van der Waals surface area contributed by atoms with E-state index in [-0.39, 0.29) is 11.9 Å². The number of hydrogen-bond donors (Lipinski definition) is 0. The van der Waals surface area contributed by atoms with Gasteiger partial charge in [-0.1, -0.05) is 6.07 Å². The second-order valence-electron chi connectivity index (χ2n) is 5.11. The minimum absolute atomic E-state index is 0.107. The Balaban J connectivity index is 1.71. The van der Waals surface area contributed by atoms with Crippen molar-refractivity contribution in [2.45, 2.75) is 25.9 Å². The second-order valence-corrected chi connectivity index (χ2v) is 6.14. The van der Waals surface area contributed by atoms with Crippen LogP contribution < -0.4 is 0 Å². The van der Waals surface area contributed by atoms with Gasteiger partial charge in [0.2, 0.25) is 5.91 Å². The lowest BCUT2D eigenvalue weighted by atomic mass is 10.2. The van der Waals surface area contributed by atoms with Crippen LogP contribution in [-0.4, -0.2) is 40.3 Å². The van der Waals surface area contributed by atoms with Crippen LogP contribution in [0.5, 0.6) is 0 Å². The SMILES string of the molecule is CCOCC1CN(C(=O)Cc2cccs2)Cc2ccnn21. The van der Waals surface area contributed by atoms with Gasteiger partial charge in [0.1, 0.15) is 0 Å². The molecule has 0 bridgehead atoms. The van der Waals surface area contributed by atoms with Crippen LogP contribution in [0.1, 0.15) is 23.5 Å². The maximum atomic E-state index is 12.5. The topological polar surface area (TPSA) is 47.4 Å². The van der Waals surface area contributed by atoms with E-state index >= 15 is 0 Å². The zero-order valence-electron chi connectivity index (χ0n) is 12.1. The highest BCUT2D eigenvalue weighted by atomic mass is 32.1. The number of nitrogens with zero attached hydrogens (tertiary/aromatic N) is 3. The third kappa shape index (κ3) is 3.16. The summed E-state index contributed by atoms with van der Waals surface area (Å²) >= 11 is 1.63. The molecule has 3 rings (SSSR count). The van der Waals surface area contributed by atoms with Crippen LogP contribution in [0.4, 0.5) is 0 Å². The van der Waals surface area contributed by atoms with Crippen molar-refractivity contribution in [3.63, 3.8) is 0 Å². The molecule has 1 aliphatic heterocycles. The average molecular weight is 305 g/mol. The Labute approximate surface area is 128 Å². The first-order valence-corrected chi connectivity index (χ1v) is 8.06. The first-order valence-electron chi connectivity index (χ1n) is 7.18. The van der Waals surface area contributed by atoms with Crippen LogP contribution in [0.2, 0.25) is 0 Å². The molecule has 0 spiro atoms. The summed E-state index contributed by atoms with van der Waals surface area (Å²) < 4.78 is 7.53. The molecule has 1 unspecified atom stereocenters. The molecule has 2 aromatic heterocycles. The number of rotatable bonds is 5. The van der Waals surface area contributed by atoms with Crippen LogP contribution in [0.15, 0.2) is 29.8 Å². The molecular formula is C15H19N3O2S. The molecule has 0 fully saturated rings. The summed E-state index contributed by atoms with van der Waals surface area (Å²) in [6, 6.07) is 6.07. The van der Waals surface area contributed by atoms with E-state index in [0.717, 1.165) is 10.6 Å². The fourth-order valence-corrected chi connectivity index (χ4v) is 3.32. The zero-order valence-corrected chi connectivity index (χ0v) is 12.9. The van der Waals surface area contributed by atoms with E-state index in [4.69, 9.17) is 4.74 Å². The number of carbonyl (C=O) groups excluding carboxylic acids is 1. The molecule has 112 valence electrons. The number of fused-ring (bicyclic) bond motifs is 1. The predicted octanol–water partition coefficient (Wildman–Crippen LogP) is 2.11. The number of aromatic nitrogens is 2. The Morgan fingerprint density at radius 3 is 3.19 bits per heavy atom. The van der Waals surface area contributed by atoms with Crippen molar-refractivity contribution >= 4 is 17.2 Å². The van der Waals surface area contributed by atoms with Gasteiger partial charge in [0, 0.05) is 24.2 Å². The van der Waals surface area contributed by atoms with Gasteiger partial charge in [-0.3, -0.25) is 9.48 Å². The Hall–Kier alpha value is -1.66. The Kier molecular flexibility index (Phi) is 4.36. The molecule has 0 radical (unpaired) electrons. The minimum Gasteiger partial charge on any atom is -0.379 e. The van der Waals surface area contributed by atoms with Gasteiger partial charge in [-0.25, -0.2) is 0 Å². The van der Waals surface area contributed by atoms with Crippen LogP contribution in [0.3, 0.4) is 0 Å². The molecule has 0 N–H and O–H groups in total. The largest absolute Gasteiger partial charge is 0.379 e. The minimum atomic E-state index is 0.107. The van der Waals surface area contributed by atoms with Gasteiger partial charge < -0.3 is 9.64 Å². The highest BCUT2D eigenvalue weighted by molar-refractivity contribution is 7.10. The summed E-state index contributed by atoms with van der Waals surface area (Å²) in [5.74, 6) is 0.173. The molecule has 5 nitrogen and oxygen atoms in total. The van der Waals surface area contributed by atoms with Crippen LogP contribution in [0.25, 0.3) is 0 Å². The van der Waals surface area contributed by atoms with E-state index in [9.17, 15) is 4.79 Å². The molecule has 1 amide bonds. The molecule has 0 aromatic carbocycles. The molecule has 0 saturated carbocycles. The monoisotopic (exact) mass is 305 g/mol. The highest BCUT2D eigenvalue weighted by Gasteiger charge is 2.28. The molecule has 0 aliphatic carbocycles. The summed E-state index contributed by atoms with van der Waals surface area (Å²) in [5.41, 5.74) is 1.07. The van der Waals surface area contributed by atoms with Crippen LogP contribution in [-0.2, 0) is 22.5 Å². The molecule has 2 aromatic rings. The zero-order chi connectivity index (χ0) is 14.7. The summed E-state index contributed by atoms with van der Waals surface area (Å²) in [4.78, 5) is 15.5. The molecule has 6 heteroatoms. The van der Waals surface area contributed by atoms with Crippen molar-refractivity contribution in [3.8, 4) is 0 Å². The first kappa shape index (κ1) is 14.3. The summed E-state index contributed by atoms with van der Waals surface area (Å²) in [6.45, 7) is 4.54. The lowest BCUT2D eigenvalue weighted by molar-refractivity contribution is -0.133. The number of ether oxygens (including phenoxy) is 1. The van der Waals surface area contributed by atoms with E-state index in [1.54, 1.807) is 17.5 Å². The van der Waals surface area contributed by atoms with Gasteiger partial charge in [0.25, 0.3) is 0 Å². The van der Waals surface area contributed by atoms with E-state index in [0.29, 0.717) is 32.7 Å². The molecular weight excluding hydrogens is 286 g/mol. The van der Waals surface area contributed by atoms with Crippen LogP contribution in [0, 0.1) is 0 Å². The van der Waals surface area contributed by atoms with Gasteiger partial charge in [0.15, 0.2) is 0 Å². The second kappa shape index (κ2) is 6.41. The summed E-state index contributed by atoms with van der Waals surface area (Å²) in [6.07, 6.45) is 2.27. The Morgan fingerprint density at radius 1 is 1.52 bits per heavy atom. The molecule has 21 heavy (non-hydrogen) atoms. The Morgan fingerprint density at radius 2 is 2.43 bits per heavy atom. The van der Waals surface area contributed by atoms with Gasteiger partial charge in [-0.2, -0.15) is 5.10 Å². The van der Waals surface area contributed by atoms with E-state index in [1.807, 2.05) is 40.1 Å². The van der Waals surface area contributed by atoms with E-state index in [1.165, 1.54) is 0 Å². The number of hydrogen-bond acceptors (Lipinski definition) is 4. The third-order valence-corrected chi connectivity index (χ3v) is 4.53. The van der Waals surface area contributed by atoms with E-state index < -0.39 is 0 Å². The fraction of sp³-hybridized carbons (Fsp3) is 0.467. The highest BCUT2D eigenvalue weighted by Crippen LogP contribution is 2.22. The smallest absolute Gasteiger partial charge is 0.228 e. The maximum Gasteiger partial charge on any atom is 0.228 e. The summed E-state index contributed by atoms with van der Waals surface area (Å²) in [7, 11) is 0. The summed E-state index contributed by atoms with van der Waals surface area (Å²) in [5, 5.41) is 6.37. The average Bonchev–Trinajstić information content (AvgIpc) is 3.15. The van der Waals surface area contributed by atoms with Crippen molar-refractivity contribution in [1.29, 1.82) is 0 Å². The molecule has 1 aliphatic rings. The lowest BCUT2D eigenvalue weighted by Gasteiger charge is -2.33.